The van der Waals surface area contributed by atoms with Gasteiger partial charge in [-0.25, -0.2) is 4.68 Å². The monoisotopic (exact) mass is 334 g/mol. The summed E-state index contributed by atoms with van der Waals surface area (Å²) in [6.07, 6.45) is 2.06. The summed E-state index contributed by atoms with van der Waals surface area (Å²) in [5.41, 5.74) is 5.52. The summed E-state index contributed by atoms with van der Waals surface area (Å²) in [6, 6.07) is 14.4. The molecule has 128 valence electrons. The van der Waals surface area contributed by atoms with Crippen LogP contribution in [0.15, 0.2) is 42.5 Å². The zero-order valence-electron chi connectivity index (χ0n) is 14.6. The number of fused-ring (bicyclic) bond motifs is 1. The van der Waals surface area contributed by atoms with E-state index in [4.69, 9.17) is 0 Å². The third kappa shape index (κ3) is 2.90. The van der Waals surface area contributed by atoms with Gasteiger partial charge in [-0.05, 0) is 55.5 Å². The van der Waals surface area contributed by atoms with Crippen molar-refractivity contribution in [1.29, 1.82) is 0 Å². The fourth-order valence-electron chi connectivity index (χ4n) is 3.64. The van der Waals surface area contributed by atoms with Crippen molar-refractivity contribution in [2.75, 3.05) is 6.54 Å². The van der Waals surface area contributed by atoms with Crippen LogP contribution in [0.4, 0.5) is 0 Å². The molecule has 1 amide bonds. The molecular formula is C20H22N4O. The van der Waals surface area contributed by atoms with E-state index in [1.165, 1.54) is 16.7 Å². The molecule has 1 aliphatic heterocycles. The molecule has 0 saturated carbocycles. The maximum absolute atomic E-state index is 12.9. The number of likely N-dealkylation sites (tertiary alicyclic amines) is 1. The van der Waals surface area contributed by atoms with Crippen molar-refractivity contribution in [3.63, 3.8) is 0 Å². The SMILES string of the molecule is Cc1ccc(C2CCCN2C(=O)Cn2nnc3ccccc32)cc1C. The Balaban J connectivity index is 1.57. The zero-order chi connectivity index (χ0) is 17.4. The first-order valence-electron chi connectivity index (χ1n) is 8.78. The van der Waals surface area contributed by atoms with Gasteiger partial charge >= 0.3 is 0 Å². The first-order chi connectivity index (χ1) is 12.1. The van der Waals surface area contributed by atoms with E-state index in [0.29, 0.717) is 0 Å². The molecule has 0 bridgehead atoms. The highest BCUT2D eigenvalue weighted by molar-refractivity contribution is 5.80. The Labute approximate surface area is 147 Å². The van der Waals surface area contributed by atoms with Crippen LogP contribution in [0.25, 0.3) is 11.0 Å². The molecule has 1 aromatic heterocycles. The first-order valence-corrected chi connectivity index (χ1v) is 8.78. The van der Waals surface area contributed by atoms with Gasteiger partial charge in [-0.3, -0.25) is 4.79 Å². The van der Waals surface area contributed by atoms with Crippen molar-refractivity contribution in [1.82, 2.24) is 19.9 Å². The molecule has 25 heavy (non-hydrogen) atoms. The third-order valence-corrected chi connectivity index (χ3v) is 5.19. The lowest BCUT2D eigenvalue weighted by atomic mass is 9.99. The van der Waals surface area contributed by atoms with Gasteiger partial charge in [0.15, 0.2) is 0 Å². The van der Waals surface area contributed by atoms with Crippen molar-refractivity contribution < 1.29 is 4.79 Å². The van der Waals surface area contributed by atoms with Gasteiger partial charge in [-0.2, -0.15) is 0 Å². The average molecular weight is 334 g/mol. The summed E-state index contributed by atoms with van der Waals surface area (Å²) >= 11 is 0. The van der Waals surface area contributed by atoms with Gasteiger partial charge < -0.3 is 4.90 Å². The molecule has 1 fully saturated rings. The van der Waals surface area contributed by atoms with Crippen LogP contribution < -0.4 is 0 Å². The third-order valence-electron chi connectivity index (χ3n) is 5.19. The fraction of sp³-hybridized carbons (Fsp3) is 0.350. The topological polar surface area (TPSA) is 51.0 Å². The summed E-state index contributed by atoms with van der Waals surface area (Å²) in [7, 11) is 0. The number of benzene rings is 2. The van der Waals surface area contributed by atoms with Gasteiger partial charge in [0.05, 0.1) is 11.6 Å². The molecule has 3 aromatic rings. The highest BCUT2D eigenvalue weighted by atomic mass is 16.2. The summed E-state index contributed by atoms with van der Waals surface area (Å²) in [6.45, 7) is 5.29. The van der Waals surface area contributed by atoms with Gasteiger partial charge in [0.2, 0.25) is 5.91 Å². The Morgan fingerprint density at radius 2 is 2.00 bits per heavy atom. The molecule has 0 radical (unpaired) electrons. The molecule has 1 atom stereocenters. The van der Waals surface area contributed by atoms with Crippen molar-refractivity contribution in [2.24, 2.45) is 0 Å². The molecular weight excluding hydrogens is 312 g/mol. The first kappa shape index (κ1) is 15.8. The number of aromatic nitrogens is 3. The number of hydrogen-bond donors (Lipinski definition) is 0. The predicted octanol–water partition coefficient (Wildman–Crippen LogP) is 3.41. The minimum absolute atomic E-state index is 0.108. The van der Waals surface area contributed by atoms with E-state index in [0.717, 1.165) is 30.4 Å². The Kier molecular flexibility index (Phi) is 3.99. The molecule has 5 nitrogen and oxygen atoms in total. The van der Waals surface area contributed by atoms with Gasteiger partial charge in [0, 0.05) is 6.54 Å². The number of para-hydroxylation sites is 1. The van der Waals surface area contributed by atoms with E-state index in [2.05, 4.69) is 42.4 Å². The molecule has 1 saturated heterocycles. The average Bonchev–Trinajstić information content (AvgIpc) is 3.25. The number of nitrogens with zero attached hydrogens (tertiary/aromatic N) is 4. The van der Waals surface area contributed by atoms with Gasteiger partial charge in [0.25, 0.3) is 0 Å². The Bertz CT molecular complexity index is 930. The molecule has 2 heterocycles. The lowest BCUT2D eigenvalue weighted by molar-refractivity contribution is -0.132. The van der Waals surface area contributed by atoms with Crippen LogP contribution in [-0.2, 0) is 11.3 Å². The molecule has 1 unspecified atom stereocenters. The second-order valence-corrected chi connectivity index (χ2v) is 6.82. The van der Waals surface area contributed by atoms with E-state index in [-0.39, 0.29) is 18.5 Å². The summed E-state index contributed by atoms with van der Waals surface area (Å²) in [4.78, 5) is 14.9. The van der Waals surface area contributed by atoms with Crippen molar-refractivity contribution >= 4 is 16.9 Å². The summed E-state index contributed by atoms with van der Waals surface area (Å²) in [5, 5.41) is 8.29. The zero-order valence-corrected chi connectivity index (χ0v) is 14.6. The smallest absolute Gasteiger partial charge is 0.244 e. The van der Waals surface area contributed by atoms with E-state index in [1.807, 2.05) is 29.2 Å². The molecule has 4 rings (SSSR count). The molecule has 1 aliphatic rings. The van der Waals surface area contributed by atoms with Crippen LogP contribution >= 0.6 is 0 Å². The van der Waals surface area contributed by atoms with Crippen molar-refractivity contribution in [2.45, 2.75) is 39.3 Å². The molecule has 5 heteroatoms. The fourth-order valence-corrected chi connectivity index (χ4v) is 3.64. The summed E-state index contributed by atoms with van der Waals surface area (Å²) in [5.74, 6) is 0.108. The maximum Gasteiger partial charge on any atom is 0.244 e. The minimum atomic E-state index is 0.108. The van der Waals surface area contributed by atoms with E-state index in [9.17, 15) is 4.79 Å². The maximum atomic E-state index is 12.9. The number of hydrogen-bond acceptors (Lipinski definition) is 3. The Hall–Kier alpha value is -2.69. The highest BCUT2D eigenvalue weighted by Gasteiger charge is 2.30. The minimum Gasteiger partial charge on any atom is -0.334 e. The van der Waals surface area contributed by atoms with Crippen LogP contribution in [0.1, 0.15) is 35.6 Å². The second-order valence-electron chi connectivity index (χ2n) is 6.82. The predicted molar refractivity (Wildman–Crippen MR) is 97.1 cm³/mol. The number of carbonyl (C=O) groups excluding carboxylic acids is 1. The lowest BCUT2D eigenvalue weighted by Gasteiger charge is -2.25. The van der Waals surface area contributed by atoms with Crippen LogP contribution in [0.5, 0.6) is 0 Å². The lowest BCUT2D eigenvalue weighted by Crippen LogP contribution is -2.33. The van der Waals surface area contributed by atoms with Crippen LogP contribution in [-0.4, -0.2) is 32.3 Å². The normalized spacial score (nSPS) is 17.4. The number of amides is 1. The van der Waals surface area contributed by atoms with E-state index in [1.54, 1.807) is 4.68 Å². The standard InChI is InChI=1S/C20H22N4O/c1-14-9-10-16(12-15(14)2)18-8-5-11-23(18)20(25)13-24-19-7-4-3-6-17(19)21-22-24/h3-4,6-7,9-10,12,18H,5,8,11,13H2,1-2H3. The van der Waals surface area contributed by atoms with Crippen molar-refractivity contribution in [3.05, 3.63) is 59.2 Å². The molecule has 0 aliphatic carbocycles. The van der Waals surface area contributed by atoms with Crippen molar-refractivity contribution in [3.8, 4) is 0 Å². The Morgan fingerprint density at radius 3 is 2.84 bits per heavy atom. The number of rotatable bonds is 3. The molecule has 0 spiro atoms. The van der Waals surface area contributed by atoms with Gasteiger partial charge in [-0.1, -0.05) is 35.5 Å². The quantitative estimate of drug-likeness (QED) is 0.737. The molecule has 2 aromatic carbocycles. The molecule has 0 N–H and O–H groups in total. The van der Waals surface area contributed by atoms with E-state index >= 15 is 0 Å². The van der Waals surface area contributed by atoms with Crippen LogP contribution in [0.2, 0.25) is 0 Å². The van der Waals surface area contributed by atoms with Gasteiger partial charge in [0.1, 0.15) is 12.1 Å². The number of aryl methyl sites for hydroxylation is 2. The second kappa shape index (κ2) is 6.31. The van der Waals surface area contributed by atoms with Gasteiger partial charge in [-0.15, -0.1) is 5.10 Å². The van der Waals surface area contributed by atoms with E-state index < -0.39 is 0 Å². The number of carbonyl (C=O) groups is 1. The van der Waals surface area contributed by atoms with Crippen LogP contribution in [0.3, 0.4) is 0 Å². The summed E-state index contributed by atoms with van der Waals surface area (Å²) < 4.78 is 1.70. The highest BCUT2D eigenvalue weighted by Crippen LogP contribution is 2.33. The van der Waals surface area contributed by atoms with Crippen LogP contribution in [0, 0.1) is 13.8 Å². The largest absolute Gasteiger partial charge is 0.334 e. The Morgan fingerprint density at radius 1 is 1.16 bits per heavy atom.